The van der Waals surface area contributed by atoms with E-state index in [9.17, 15) is 19.5 Å². The lowest BCUT2D eigenvalue weighted by atomic mass is 10.1. The van der Waals surface area contributed by atoms with E-state index in [0.29, 0.717) is 10.8 Å². The Labute approximate surface area is 256 Å². The molecule has 242 valence electrons. The molecule has 45 heavy (non-hydrogen) atoms. The number of esters is 1. The Morgan fingerprint density at radius 2 is 1.36 bits per heavy atom. The number of methoxy groups -OCH3 is 6. The van der Waals surface area contributed by atoms with Crippen LogP contribution in [-0.4, -0.2) is 87.5 Å². The lowest BCUT2D eigenvalue weighted by Gasteiger charge is -2.20. The van der Waals surface area contributed by atoms with Crippen LogP contribution in [0.5, 0.6) is 34.5 Å². The largest absolute Gasteiger partial charge is 0.493 e. The van der Waals surface area contributed by atoms with Crippen LogP contribution in [0.15, 0.2) is 35.3 Å². The molecule has 16 heteroatoms. The topological polar surface area (TPSA) is 175 Å². The zero-order valence-corrected chi connectivity index (χ0v) is 25.4. The van der Waals surface area contributed by atoms with Gasteiger partial charge in [-0.2, -0.15) is 4.98 Å². The van der Waals surface area contributed by atoms with Crippen LogP contribution in [0.25, 0.3) is 0 Å². The zero-order valence-electron chi connectivity index (χ0n) is 25.4. The summed E-state index contributed by atoms with van der Waals surface area (Å²) >= 11 is 0. The first-order valence-corrected chi connectivity index (χ1v) is 13.3. The van der Waals surface area contributed by atoms with E-state index in [2.05, 4.69) is 10.3 Å². The van der Waals surface area contributed by atoms with Crippen molar-refractivity contribution in [2.45, 2.75) is 31.5 Å². The Morgan fingerprint density at radius 3 is 1.82 bits per heavy atom. The number of anilines is 1. The molecule has 2 aromatic carbocycles. The molecule has 0 radical (unpaired) electrons. The van der Waals surface area contributed by atoms with Crippen molar-refractivity contribution in [2.24, 2.45) is 0 Å². The van der Waals surface area contributed by atoms with Gasteiger partial charge in [0.1, 0.15) is 6.10 Å². The molecule has 3 aromatic rings. The van der Waals surface area contributed by atoms with Crippen LogP contribution >= 0.6 is 0 Å². The fourth-order valence-corrected chi connectivity index (χ4v) is 4.71. The molecule has 2 N–H and O–H groups in total. The van der Waals surface area contributed by atoms with Gasteiger partial charge in [0.25, 0.3) is 5.91 Å². The highest BCUT2D eigenvalue weighted by Gasteiger charge is 2.46. The molecule has 15 nitrogen and oxygen atoms in total. The molecule has 0 saturated carbocycles. The van der Waals surface area contributed by atoms with E-state index in [1.807, 2.05) is 0 Å². The smallest absolute Gasteiger partial charge is 0.351 e. The number of halogens is 1. The van der Waals surface area contributed by atoms with Crippen LogP contribution in [0.2, 0.25) is 0 Å². The second-order valence-electron chi connectivity index (χ2n) is 9.50. The van der Waals surface area contributed by atoms with Gasteiger partial charge in [-0.15, -0.1) is 0 Å². The summed E-state index contributed by atoms with van der Waals surface area (Å²) in [5.74, 6) is -2.25. The Balaban J connectivity index is 1.54. The van der Waals surface area contributed by atoms with E-state index in [1.54, 1.807) is 0 Å². The van der Waals surface area contributed by atoms with Crippen LogP contribution in [0, 0.1) is 5.82 Å². The monoisotopic (exact) mass is 633 g/mol. The SMILES string of the molecule is COc1cc(C(=O)Nc2nc(=O)n([C@@H]3O[C@H](C)[C@@H](OC(=O)c4cc(OC)c(OC)c(OC)c4)[C@H]3O)cc2F)cc(OC)c1OC. The molecular weight excluding hydrogens is 601 g/mol. The Morgan fingerprint density at radius 1 is 0.867 bits per heavy atom. The number of aromatic nitrogens is 2. The summed E-state index contributed by atoms with van der Waals surface area (Å²) in [4.78, 5) is 42.5. The lowest BCUT2D eigenvalue weighted by Crippen LogP contribution is -2.38. The fraction of sp³-hybridized carbons (Fsp3) is 0.379. The minimum Gasteiger partial charge on any atom is -0.493 e. The number of nitrogens with zero attached hydrogens (tertiary/aromatic N) is 2. The molecular formula is C29H32FN3O12. The van der Waals surface area contributed by atoms with Crippen molar-refractivity contribution in [3.8, 4) is 34.5 Å². The highest BCUT2D eigenvalue weighted by Crippen LogP contribution is 2.40. The number of nitrogens with one attached hydrogen (secondary N) is 1. The molecule has 0 spiro atoms. The Bertz CT molecular complexity index is 1600. The van der Waals surface area contributed by atoms with Crippen LogP contribution in [0.1, 0.15) is 33.9 Å². The van der Waals surface area contributed by atoms with Gasteiger partial charge in [-0.25, -0.2) is 14.0 Å². The summed E-state index contributed by atoms with van der Waals surface area (Å²) in [5, 5.41) is 13.2. The van der Waals surface area contributed by atoms with Gasteiger partial charge in [0, 0.05) is 5.56 Å². The van der Waals surface area contributed by atoms with E-state index in [-0.39, 0.29) is 45.6 Å². The molecule has 1 saturated heterocycles. The van der Waals surface area contributed by atoms with Crippen LogP contribution in [0.4, 0.5) is 10.2 Å². The summed E-state index contributed by atoms with van der Waals surface area (Å²) in [6.45, 7) is 1.50. The van der Waals surface area contributed by atoms with Gasteiger partial charge >= 0.3 is 11.7 Å². The predicted molar refractivity (Wildman–Crippen MR) is 153 cm³/mol. The van der Waals surface area contributed by atoms with Crippen LogP contribution in [-0.2, 0) is 9.47 Å². The zero-order chi connectivity index (χ0) is 33.0. The first kappa shape index (κ1) is 32.8. The van der Waals surface area contributed by atoms with Crippen LogP contribution in [0.3, 0.4) is 0 Å². The number of rotatable bonds is 11. The van der Waals surface area contributed by atoms with Crippen molar-refractivity contribution in [1.82, 2.24) is 9.55 Å². The average molecular weight is 634 g/mol. The minimum absolute atomic E-state index is 0.00462. The maximum absolute atomic E-state index is 15.2. The van der Waals surface area contributed by atoms with Crippen LogP contribution < -0.4 is 39.4 Å². The van der Waals surface area contributed by atoms with E-state index in [1.165, 1.54) is 73.8 Å². The van der Waals surface area contributed by atoms with E-state index < -0.39 is 53.7 Å². The van der Waals surface area contributed by atoms with Gasteiger partial charge in [0.05, 0.1) is 60.5 Å². The third kappa shape index (κ3) is 6.41. The summed E-state index contributed by atoms with van der Waals surface area (Å²) < 4.78 is 58.5. The second kappa shape index (κ2) is 13.7. The molecule has 1 aromatic heterocycles. The van der Waals surface area contributed by atoms with Crippen molar-refractivity contribution in [1.29, 1.82) is 0 Å². The lowest BCUT2D eigenvalue weighted by molar-refractivity contribution is -0.0357. The quantitative estimate of drug-likeness (QED) is 0.294. The number of carbonyl (C=O) groups is 2. The first-order chi connectivity index (χ1) is 21.5. The molecule has 1 fully saturated rings. The van der Waals surface area contributed by atoms with E-state index in [4.69, 9.17) is 37.9 Å². The fourth-order valence-electron chi connectivity index (χ4n) is 4.71. The number of benzene rings is 2. The van der Waals surface area contributed by atoms with Gasteiger partial charge in [-0.1, -0.05) is 0 Å². The Hall–Kier alpha value is -5.09. The van der Waals surface area contributed by atoms with Gasteiger partial charge in [0.15, 0.2) is 47.0 Å². The number of aliphatic hydroxyl groups is 1. The summed E-state index contributed by atoms with van der Waals surface area (Å²) in [5.41, 5.74) is -1.05. The second-order valence-corrected chi connectivity index (χ2v) is 9.50. The number of hydrogen-bond acceptors (Lipinski definition) is 13. The summed E-state index contributed by atoms with van der Waals surface area (Å²) in [6, 6.07) is 5.39. The average Bonchev–Trinajstić information content (AvgIpc) is 3.32. The van der Waals surface area contributed by atoms with Crippen molar-refractivity contribution >= 4 is 17.7 Å². The molecule has 0 bridgehead atoms. The third-order valence-electron chi connectivity index (χ3n) is 6.93. The van der Waals surface area contributed by atoms with Crippen molar-refractivity contribution in [2.75, 3.05) is 48.0 Å². The highest BCUT2D eigenvalue weighted by molar-refractivity contribution is 6.04. The minimum atomic E-state index is -1.61. The van der Waals surface area contributed by atoms with E-state index in [0.717, 1.165) is 0 Å². The Kier molecular flexibility index (Phi) is 9.98. The van der Waals surface area contributed by atoms with Gasteiger partial charge in [0.2, 0.25) is 11.5 Å². The molecule has 4 rings (SSSR count). The third-order valence-corrected chi connectivity index (χ3v) is 6.93. The number of ether oxygens (including phenoxy) is 8. The number of hydrogen-bond donors (Lipinski definition) is 2. The molecule has 1 aliphatic rings. The standard InChI is InChI=1S/C29H32FN3O12/c1-13-22(45-28(36)15-10-19(40-4)24(43-7)20(11-15)41-5)21(34)27(44-13)33-12-16(30)25(32-29(33)37)31-26(35)14-8-17(38-2)23(42-6)18(9-14)39-3/h8-13,21-22,27,34H,1-7H3,(H,31,32,35,37)/t13-,21-,22-,27-/m1/s1. The molecule has 1 amide bonds. The molecule has 0 aliphatic carbocycles. The maximum Gasteiger partial charge on any atom is 0.351 e. The maximum atomic E-state index is 15.2. The summed E-state index contributed by atoms with van der Waals surface area (Å²) in [6.07, 6.45) is -4.57. The predicted octanol–water partition coefficient (Wildman–Crippen LogP) is 2.19. The van der Waals surface area contributed by atoms with Gasteiger partial charge in [-0.3, -0.25) is 9.36 Å². The molecule has 2 heterocycles. The van der Waals surface area contributed by atoms with Crippen molar-refractivity contribution < 1.29 is 57.0 Å². The van der Waals surface area contributed by atoms with Gasteiger partial charge in [-0.05, 0) is 31.2 Å². The van der Waals surface area contributed by atoms with E-state index >= 15 is 4.39 Å². The summed E-state index contributed by atoms with van der Waals surface area (Å²) in [7, 11) is 8.27. The number of carbonyl (C=O) groups excluding carboxylic acids is 2. The molecule has 4 atom stereocenters. The normalized spacial score (nSPS) is 19.0. The number of amides is 1. The molecule has 1 aliphatic heterocycles. The highest BCUT2D eigenvalue weighted by atomic mass is 19.1. The van der Waals surface area contributed by atoms with Crippen molar-refractivity contribution in [3.05, 3.63) is 57.9 Å². The molecule has 0 unspecified atom stereocenters. The van der Waals surface area contributed by atoms with Crippen molar-refractivity contribution in [3.63, 3.8) is 0 Å². The van der Waals surface area contributed by atoms with Gasteiger partial charge < -0.3 is 48.3 Å². The number of aliphatic hydroxyl groups excluding tert-OH is 1. The first-order valence-electron chi connectivity index (χ1n) is 13.3.